The van der Waals surface area contributed by atoms with Crippen molar-refractivity contribution in [2.75, 3.05) is 12.3 Å². The van der Waals surface area contributed by atoms with E-state index in [9.17, 15) is 4.21 Å². The summed E-state index contributed by atoms with van der Waals surface area (Å²) in [7, 11) is -0.703. The molecule has 2 N–H and O–H groups in total. The SMILES string of the molecule is CCNC(=NCc1nccn1CC(C)C)NC1CCCC(S(=O)CC)C1.I. The maximum atomic E-state index is 12.2. The molecule has 0 saturated heterocycles. The molecule has 1 saturated carbocycles. The van der Waals surface area contributed by atoms with Crippen LogP contribution in [0.25, 0.3) is 0 Å². The van der Waals surface area contributed by atoms with E-state index in [0.717, 1.165) is 56.3 Å². The minimum absolute atomic E-state index is 0. The number of imidazole rings is 1. The summed E-state index contributed by atoms with van der Waals surface area (Å²) in [5, 5.41) is 7.21. The molecule has 2 rings (SSSR count). The van der Waals surface area contributed by atoms with Crippen molar-refractivity contribution in [3.05, 3.63) is 18.2 Å². The molecule has 1 fully saturated rings. The predicted octanol–water partition coefficient (Wildman–Crippen LogP) is 3.29. The first-order valence-electron chi connectivity index (χ1n) is 9.95. The number of halogens is 1. The number of hydrogen-bond donors (Lipinski definition) is 2. The van der Waals surface area contributed by atoms with E-state index >= 15 is 0 Å². The third kappa shape index (κ3) is 8.09. The van der Waals surface area contributed by atoms with Gasteiger partial charge in [0, 0.05) is 53.3 Å². The van der Waals surface area contributed by atoms with Gasteiger partial charge < -0.3 is 15.2 Å². The lowest BCUT2D eigenvalue weighted by molar-refractivity contribution is 0.413. The van der Waals surface area contributed by atoms with Crippen LogP contribution in [0, 0.1) is 5.92 Å². The summed E-state index contributed by atoms with van der Waals surface area (Å²) in [5.41, 5.74) is 0. The van der Waals surface area contributed by atoms with Crippen LogP contribution in [0.15, 0.2) is 17.4 Å². The molecule has 1 heterocycles. The Bertz CT molecular complexity index is 605. The van der Waals surface area contributed by atoms with Gasteiger partial charge in [-0.1, -0.05) is 27.2 Å². The Morgan fingerprint density at radius 3 is 2.85 bits per heavy atom. The summed E-state index contributed by atoms with van der Waals surface area (Å²) in [6, 6.07) is 0.345. The van der Waals surface area contributed by atoms with Gasteiger partial charge >= 0.3 is 0 Å². The fraction of sp³-hybridized carbons (Fsp3) is 0.789. The first-order chi connectivity index (χ1) is 12.5. The summed E-state index contributed by atoms with van der Waals surface area (Å²) >= 11 is 0. The average molecular weight is 510 g/mol. The highest BCUT2D eigenvalue weighted by molar-refractivity contribution is 14.0. The van der Waals surface area contributed by atoms with Gasteiger partial charge in [-0.15, -0.1) is 24.0 Å². The lowest BCUT2D eigenvalue weighted by Gasteiger charge is -2.30. The van der Waals surface area contributed by atoms with Crippen molar-refractivity contribution in [2.45, 2.75) is 77.8 Å². The fourth-order valence-electron chi connectivity index (χ4n) is 3.46. The monoisotopic (exact) mass is 509 g/mol. The van der Waals surface area contributed by atoms with Crippen LogP contribution in [0.3, 0.4) is 0 Å². The smallest absolute Gasteiger partial charge is 0.191 e. The Balaban J connectivity index is 0.00000364. The Morgan fingerprint density at radius 1 is 1.41 bits per heavy atom. The molecule has 1 aromatic rings. The molecule has 1 aliphatic rings. The summed E-state index contributed by atoms with van der Waals surface area (Å²) in [4.78, 5) is 9.20. The van der Waals surface area contributed by atoms with Crippen molar-refractivity contribution in [2.24, 2.45) is 10.9 Å². The van der Waals surface area contributed by atoms with Crippen molar-refractivity contribution in [1.29, 1.82) is 0 Å². The second kappa shape index (κ2) is 12.7. The number of hydrogen-bond acceptors (Lipinski definition) is 3. The molecule has 0 aromatic carbocycles. The number of rotatable bonds is 8. The van der Waals surface area contributed by atoms with Crippen LogP contribution in [-0.4, -0.2) is 43.3 Å². The first kappa shape index (κ1) is 24.4. The molecule has 156 valence electrons. The van der Waals surface area contributed by atoms with Crippen LogP contribution in [0.5, 0.6) is 0 Å². The van der Waals surface area contributed by atoms with Gasteiger partial charge in [-0.25, -0.2) is 9.98 Å². The molecular formula is C19H36IN5OS. The molecule has 0 amide bonds. The molecule has 0 aliphatic heterocycles. The quantitative estimate of drug-likeness (QED) is 0.321. The largest absolute Gasteiger partial charge is 0.357 e. The number of aromatic nitrogens is 2. The zero-order valence-electron chi connectivity index (χ0n) is 17.1. The minimum atomic E-state index is -0.703. The van der Waals surface area contributed by atoms with Crippen LogP contribution in [-0.2, 0) is 23.9 Å². The van der Waals surface area contributed by atoms with Gasteiger partial charge in [-0.3, -0.25) is 4.21 Å². The highest BCUT2D eigenvalue weighted by Crippen LogP contribution is 2.23. The lowest BCUT2D eigenvalue weighted by atomic mass is 9.95. The first-order valence-corrected chi connectivity index (χ1v) is 11.3. The summed E-state index contributed by atoms with van der Waals surface area (Å²) < 4.78 is 14.3. The van der Waals surface area contributed by atoms with Gasteiger partial charge in [0.05, 0.1) is 0 Å². The predicted molar refractivity (Wildman–Crippen MR) is 125 cm³/mol. The van der Waals surface area contributed by atoms with E-state index in [1.807, 2.05) is 19.3 Å². The molecule has 0 spiro atoms. The molecule has 27 heavy (non-hydrogen) atoms. The Labute approximate surface area is 183 Å². The van der Waals surface area contributed by atoms with Crippen LogP contribution >= 0.6 is 24.0 Å². The zero-order chi connectivity index (χ0) is 18.9. The summed E-state index contributed by atoms with van der Waals surface area (Å²) in [5.74, 6) is 3.16. The van der Waals surface area contributed by atoms with E-state index in [-0.39, 0.29) is 24.0 Å². The number of aliphatic imine (C=N–C) groups is 1. The van der Waals surface area contributed by atoms with Crippen LogP contribution in [0.2, 0.25) is 0 Å². The van der Waals surface area contributed by atoms with Crippen molar-refractivity contribution in [3.8, 4) is 0 Å². The van der Waals surface area contributed by atoms with Gasteiger partial charge in [0.2, 0.25) is 0 Å². The average Bonchev–Trinajstić information content (AvgIpc) is 3.05. The van der Waals surface area contributed by atoms with Gasteiger partial charge in [-0.05, 0) is 32.1 Å². The van der Waals surface area contributed by atoms with E-state index in [0.29, 0.717) is 23.8 Å². The fourth-order valence-corrected chi connectivity index (χ4v) is 4.81. The van der Waals surface area contributed by atoms with Gasteiger partial charge in [-0.2, -0.15) is 0 Å². The standard InChI is InChI=1S/C19H35N5OS.HI/c1-5-20-19(22-13-18-21-10-11-24(18)14-15(3)4)23-16-8-7-9-17(12-16)26(25)6-2;/h10-11,15-17H,5-9,12-14H2,1-4H3,(H2,20,22,23);1H. The van der Waals surface area contributed by atoms with Gasteiger partial charge in [0.1, 0.15) is 12.4 Å². The third-order valence-corrected chi connectivity index (χ3v) is 6.45. The van der Waals surface area contributed by atoms with Crippen LogP contribution < -0.4 is 10.6 Å². The molecule has 1 aromatic heterocycles. The minimum Gasteiger partial charge on any atom is -0.357 e. The van der Waals surface area contributed by atoms with E-state index < -0.39 is 10.8 Å². The van der Waals surface area contributed by atoms with Crippen LogP contribution in [0.4, 0.5) is 0 Å². The number of nitrogens with zero attached hydrogens (tertiary/aromatic N) is 3. The van der Waals surface area contributed by atoms with Crippen LogP contribution in [0.1, 0.15) is 59.2 Å². The highest BCUT2D eigenvalue weighted by atomic mass is 127. The zero-order valence-corrected chi connectivity index (χ0v) is 20.3. The molecule has 0 radical (unpaired) electrons. The number of nitrogens with one attached hydrogen (secondary N) is 2. The van der Waals surface area contributed by atoms with Gasteiger partial charge in [0.15, 0.2) is 5.96 Å². The topological polar surface area (TPSA) is 71.3 Å². The second-order valence-electron chi connectivity index (χ2n) is 7.38. The molecule has 1 aliphatic carbocycles. The molecule has 8 heteroatoms. The maximum Gasteiger partial charge on any atom is 0.191 e. The Morgan fingerprint density at radius 2 is 2.19 bits per heavy atom. The lowest BCUT2D eigenvalue weighted by Crippen LogP contribution is -2.46. The second-order valence-corrected chi connectivity index (χ2v) is 9.39. The molecular weight excluding hydrogens is 473 g/mol. The van der Waals surface area contributed by atoms with E-state index in [1.165, 1.54) is 0 Å². The molecule has 3 unspecified atom stereocenters. The third-order valence-electron chi connectivity index (χ3n) is 4.71. The van der Waals surface area contributed by atoms with Crippen molar-refractivity contribution < 1.29 is 4.21 Å². The maximum absolute atomic E-state index is 12.2. The Kier molecular flexibility index (Phi) is 11.5. The number of guanidine groups is 1. The molecule has 3 atom stereocenters. The van der Waals surface area contributed by atoms with E-state index in [4.69, 9.17) is 4.99 Å². The summed E-state index contributed by atoms with van der Waals surface area (Å²) in [6.07, 6.45) is 8.16. The highest BCUT2D eigenvalue weighted by Gasteiger charge is 2.26. The Hall–Kier alpha value is -0.640. The van der Waals surface area contributed by atoms with E-state index in [1.54, 1.807) is 0 Å². The van der Waals surface area contributed by atoms with Crippen molar-refractivity contribution >= 4 is 40.7 Å². The summed E-state index contributed by atoms with van der Waals surface area (Å²) in [6.45, 7) is 10.8. The van der Waals surface area contributed by atoms with Gasteiger partial charge in [0.25, 0.3) is 0 Å². The molecule has 0 bridgehead atoms. The van der Waals surface area contributed by atoms with Crippen molar-refractivity contribution in [3.63, 3.8) is 0 Å². The normalized spacial score (nSPS) is 21.6. The molecule has 6 nitrogen and oxygen atoms in total. The van der Waals surface area contributed by atoms with Crippen molar-refractivity contribution in [1.82, 2.24) is 20.2 Å². The van der Waals surface area contributed by atoms with E-state index in [2.05, 4.69) is 41.0 Å².